The van der Waals surface area contributed by atoms with Gasteiger partial charge >= 0.3 is 6.03 Å². The molecule has 1 aromatic rings. The Morgan fingerprint density at radius 1 is 1.04 bits per heavy atom. The number of piperidine rings is 1. The minimum atomic E-state index is 0.000416. The van der Waals surface area contributed by atoms with Gasteiger partial charge in [-0.1, -0.05) is 24.3 Å². The number of carbonyl (C=O) groups is 1. The maximum Gasteiger partial charge on any atom is 0.315 e. The maximum absolute atomic E-state index is 12.3. The zero-order chi connectivity index (χ0) is 17.1. The summed E-state index contributed by atoms with van der Waals surface area (Å²) in [6.45, 7) is 5.16. The Labute approximate surface area is 150 Å². The summed E-state index contributed by atoms with van der Waals surface area (Å²) in [5.74, 6) is 0.705. The molecular formula is C20H29N3O2. The first-order chi connectivity index (χ1) is 12.3. The molecular weight excluding hydrogens is 314 g/mol. The third-order valence-corrected chi connectivity index (χ3v) is 5.85. The second-order valence-corrected chi connectivity index (χ2v) is 7.80. The average Bonchev–Trinajstić information content (AvgIpc) is 3.25. The Kier molecular flexibility index (Phi) is 5.22. The van der Waals surface area contributed by atoms with Gasteiger partial charge in [-0.15, -0.1) is 0 Å². The molecule has 1 aliphatic carbocycles. The largest absolute Gasteiger partial charge is 0.381 e. The summed E-state index contributed by atoms with van der Waals surface area (Å²) >= 11 is 0. The van der Waals surface area contributed by atoms with Crippen molar-refractivity contribution in [2.24, 2.45) is 5.92 Å². The van der Waals surface area contributed by atoms with Gasteiger partial charge in [-0.25, -0.2) is 4.79 Å². The number of urea groups is 1. The van der Waals surface area contributed by atoms with E-state index in [2.05, 4.69) is 39.8 Å². The van der Waals surface area contributed by atoms with Crippen molar-refractivity contribution in [2.75, 3.05) is 32.8 Å². The van der Waals surface area contributed by atoms with E-state index in [1.165, 1.54) is 17.5 Å². The van der Waals surface area contributed by atoms with Crippen LogP contribution in [0.3, 0.4) is 0 Å². The SMILES string of the molecule is O=C(NC1CCN(CC2CCOC2)CC1)NC1Cc2ccccc2C1. The van der Waals surface area contributed by atoms with Crippen molar-refractivity contribution in [1.82, 2.24) is 15.5 Å². The molecule has 1 unspecified atom stereocenters. The molecule has 2 aliphatic heterocycles. The van der Waals surface area contributed by atoms with E-state index in [9.17, 15) is 4.79 Å². The van der Waals surface area contributed by atoms with Crippen LogP contribution in [0.2, 0.25) is 0 Å². The topological polar surface area (TPSA) is 53.6 Å². The number of hydrogen-bond donors (Lipinski definition) is 2. The number of hydrogen-bond acceptors (Lipinski definition) is 3. The molecule has 5 nitrogen and oxygen atoms in total. The van der Waals surface area contributed by atoms with Gasteiger partial charge in [-0.3, -0.25) is 0 Å². The van der Waals surface area contributed by atoms with Gasteiger partial charge in [0.05, 0.1) is 6.61 Å². The molecule has 0 radical (unpaired) electrons. The van der Waals surface area contributed by atoms with Crippen LogP contribution in [0.4, 0.5) is 4.79 Å². The molecule has 1 atom stereocenters. The van der Waals surface area contributed by atoms with Crippen LogP contribution in [0.15, 0.2) is 24.3 Å². The van der Waals surface area contributed by atoms with Crippen molar-refractivity contribution in [2.45, 2.75) is 44.2 Å². The number of amides is 2. The van der Waals surface area contributed by atoms with Crippen LogP contribution in [0.5, 0.6) is 0 Å². The van der Waals surface area contributed by atoms with Gasteiger partial charge in [0.1, 0.15) is 0 Å². The fourth-order valence-corrected chi connectivity index (χ4v) is 4.43. The molecule has 2 saturated heterocycles. The molecule has 0 spiro atoms. The number of fused-ring (bicyclic) bond motifs is 1. The number of carbonyl (C=O) groups excluding carboxylic acids is 1. The summed E-state index contributed by atoms with van der Waals surface area (Å²) in [5.41, 5.74) is 2.74. The zero-order valence-corrected chi connectivity index (χ0v) is 14.9. The normalized spacial score (nSPS) is 25.0. The average molecular weight is 343 g/mol. The van der Waals surface area contributed by atoms with Gasteiger partial charge in [0.15, 0.2) is 0 Å². The number of nitrogens with zero attached hydrogens (tertiary/aromatic N) is 1. The molecule has 0 aromatic heterocycles. The molecule has 2 amide bonds. The van der Waals surface area contributed by atoms with Gasteiger partial charge in [0, 0.05) is 38.3 Å². The molecule has 1 aromatic carbocycles. The molecule has 5 heteroatoms. The molecule has 0 bridgehead atoms. The van der Waals surface area contributed by atoms with Crippen LogP contribution < -0.4 is 10.6 Å². The van der Waals surface area contributed by atoms with E-state index in [-0.39, 0.29) is 12.1 Å². The molecule has 2 fully saturated rings. The van der Waals surface area contributed by atoms with Gasteiger partial charge in [0.25, 0.3) is 0 Å². The Morgan fingerprint density at radius 2 is 1.72 bits per heavy atom. The second kappa shape index (κ2) is 7.75. The highest BCUT2D eigenvalue weighted by Crippen LogP contribution is 2.22. The third kappa shape index (κ3) is 4.33. The first-order valence-corrected chi connectivity index (χ1v) is 9.70. The smallest absolute Gasteiger partial charge is 0.315 e. The zero-order valence-electron chi connectivity index (χ0n) is 14.9. The first kappa shape index (κ1) is 16.9. The van der Waals surface area contributed by atoms with Crippen molar-refractivity contribution in [1.29, 1.82) is 0 Å². The maximum atomic E-state index is 12.3. The van der Waals surface area contributed by atoms with E-state index in [0.717, 1.165) is 58.5 Å². The third-order valence-electron chi connectivity index (χ3n) is 5.85. The molecule has 2 N–H and O–H groups in total. The highest BCUT2D eigenvalue weighted by atomic mass is 16.5. The van der Waals surface area contributed by atoms with Crippen molar-refractivity contribution >= 4 is 6.03 Å². The molecule has 25 heavy (non-hydrogen) atoms. The van der Waals surface area contributed by atoms with Gasteiger partial charge < -0.3 is 20.3 Å². The Bertz CT molecular complexity index is 567. The fourth-order valence-electron chi connectivity index (χ4n) is 4.43. The minimum Gasteiger partial charge on any atom is -0.381 e. The van der Waals surface area contributed by atoms with Crippen molar-refractivity contribution in [3.05, 3.63) is 35.4 Å². The van der Waals surface area contributed by atoms with Crippen molar-refractivity contribution in [3.8, 4) is 0 Å². The lowest BCUT2D eigenvalue weighted by Gasteiger charge is -2.33. The quantitative estimate of drug-likeness (QED) is 0.879. The molecule has 4 rings (SSSR count). The van der Waals surface area contributed by atoms with E-state index in [0.29, 0.717) is 12.0 Å². The van der Waals surface area contributed by atoms with Gasteiger partial charge in [0.2, 0.25) is 0 Å². The van der Waals surface area contributed by atoms with Crippen LogP contribution in [0, 0.1) is 5.92 Å². The molecule has 2 heterocycles. The van der Waals surface area contributed by atoms with Crippen LogP contribution >= 0.6 is 0 Å². The van der Waals surface area contributed by atoms with Crippen LogP contribution in [0.25, 0.3) is 0 Å². The number of benzene rings is 1. The van der Waals surface area contributed by atoms with Crippen molar-refractivity contribution in [3.63, 3.8) is 0 Å². The van der Waals surface area contributed by atoms with E-state index in [4.69, 9.17) is 4.74 Å². The molecule has 0 saturated carbocycles. The Balaban J connectivity index is 1.17. The van der Waals surface area contributed by atoms with Crippen LogP contribution in [-0.4, -0.2) is 55.9 Å². The second-order valence-electron chi connectivity index (χ2n) is 7.80. The summed E-state index contributed by atoms with van der Waals surface area (Å²) < 4.78 is 5.47. The molecule has 3 aliphatic rings. The number of rotatable bonds is 4. The predicted molar refractivity (Wildman–Crippen MR) is 97.7 cm³/mol. The van der Waals surface area contributed by atoms with Gasteiger partial charge in [-0.05, 0) is 49.1 Å². The standard InChI is InChI=1S/C20H29N3O2/c24-20(22-19-11-16-3-1-2-4-17(16)12-19)21-18-5-8-23(9-6-18)13-15-7-10-25-14-15/h1-4,15,18-19H,5-14H2,(H2,21,22,24). The van der Waals surface area contributed by atoms with E-state index in [1.54, 1.807) is 0 Å². The summed E-state index contributed by atoms with van der Waals surface area (Å²) in [4.78, 5) is 14.9. The number of likely N-dealkylation sites (tertiary alicyclic amines) is 1. The fraction of sp³-hybridized carbons (Fsp3) is 0.650. The lowest BCUT2D eigenvalue weighted by molar-refractivity contribution is 0.147. The Hall–Kier alpha value is -1.59. The lowest BCUT2D eigenvalue weighted by atomic mass is 10.0. The molecule has 136 valence electrons. The van der Waals surface area contributed by atoms with E-state index in [1.807, 2.05) is 0 Å². The lowest BCUT2D eigenvalue weighted by Crippen LogP contribution is -2.50. The van der Waals surface area contributed by atoms with Crippen LogP contribution in [0.1, 0.15) is 30.4 Å². The van der Waals surface area contributed by atoms with E-state index >= 15 is 0 Å². The Morgan fingerprint density at radius 3 is 2.36 bits per heavy atom. The van der Waals surface area contributed by atoms with Crippen LogP contribution in [-0.2, 0) is 17.6 Å². The predicted octanol–water partition coefficient (Wildman–Crippen LogP) is 1.95. The highest BCUT2D eigenvalue weighted by molar-refractivity contribution is 5.74. The summed E-state index contributed by atoms with van der Waals surface area (Å²) in [5, 5.41) is 6.35. The summed E-state index contributed by atoms with van der Waals surface area (Å²) in [7, 11) is 0. The number of nitrogens with one attached hydrogen (secondary N) is 2. The monoisotopic (exact) mass is 343 g/mol. The minimum absolute atomic E-state index is 0.000416. The highest BCUT2D eigenvalue weighted by Gasteiger charge is 2.26. The van der Waals surface area contributed by atoms with Crippen molar-refractivity contribution < 1.29 is 9.53 Å². The summed E-state index contributed by atoms with van der Waals surface area (Å²) in [6, 6.07) is 9.03. The van der Waals surface area contributed by atoms with E-state index < -0.39 is 0 Å². The first-order valence-electron chi connectivity index (χ1n) is 9.70. The van der Waals surface area contributed by atoms with Gasteiger partial charge in [-0.2, -0.15) is 0 Å². The number of ether oxygens (including phenoxy) is 1. The summed E-state index contributed by atoms with van der Waals surface area (Å²) in [6.07, 6.45) is 5.19.